The van der Waals surface area contributed by atoms with Crippen LogP contribution in [0.3, 0.4) is 0 Å². The van der Waals surface area contributed by atoms with Gasteiger partial charge in [-0.25, -0.2) is 0 Å². The minimum atomic E-state index is -0.0303. The van der Waals surface area contributed by atoms with Crippen LogP contribution in [0.25, 0.3) is 0 Å². The minimum Gasteiger partial charge on any atom is -0.490 e. The molecule has 0 saturated carbocycles. The third kappa shape index (κ3) is 3.64. The van der Waals surface area contributed by atoms with Gasteiger partial charge in [0.15, 0.2) is 29.6 Å². The molecule has 1 fully saturated rings. The molecule has 0 bridgehead atoms. The molecule has 0 aromatic heterocycles. The van der Waals surface area contributed by atoms with E-state index in [1.54, 1.807) is 18.2 Å². The molecule has 2 aromatic rings. The Hall–Kier alpha value is -3.09. The maximum atomic E-state index is 12.9. The number of hydrogen-bond acceptors (Lipinski definition) is 6. The second-order valence-electron chi connectivity index (χ2n) is 7.31. The number of hydrogen-bond donors (Lipinski definition) is 0. The van der Waals surface area contributed by atoms with Crippen molar-refractivity contribution in [3.05, 3.63) is 42.0 Å². The van der Waals surface area contributed by atoms with Crippen LogP contribution in [0.5, 0.6) is 28.7 Å². The molecule has 3 aliphatic rings. The van der Waals surface area contributed by atoms with Gasteiger partial charge in [0.1, 0.15) is 5.75 Å². The van der Waals surface area contributed by atoms with Crippen LogP contribution in [0.1, 0.15) is 30.9 Å². The fourth-order valence-electron chi connectivity index (χ4n) is 3.99. The van der Waals surface area contributed by atoms with Gasteiger partial charge in [0.05, 0.1) is 19.3 Å². The van der Waals surface area contributed by atoms with Gasteiger partial charge in [-0.15, -0.1) is 0 Å². The van der Waals surface area contributed by atoms with Gasteiger partial charge in [-0.05, 0) is 42.7 Å². The van der Waals surface area contributed by atoms with Crippen LogP contribution < -0.4 is 23.7 Å². The zero-order valence-corrected chi connectivity index (χ0v) is 16.1. The Bertz CT molecular complexity index is 914. The van der Waals surface area contributed by atoms with E-state index < -0.39 is 0 Å². The summed E-state index contributed by atoms with van der Waals surface area (Å²) in [7, 11) is 0. The Kier molecular flexibility index (Phi) is 4.79. The smallest absolute Gasteiger partial charge is 0.261 e. The second kappa shape index (κ2) is 7.73. The molecule has 5 rings (SSSR count). The van der Waals surface area contributed by atoms with E-state index in [1.165, 1.54) is 0 Å². The molecule has 7 nitrogen and oxygen atoms in total. The normalized spacial score (nSPS) is 19.7. The van der Waals surface area contributed by atoms with Crippen LogP contribution >= 0.6 is 0 Å². The lowest BCUT2D eigenvalue weighted by Gasteiger charge is -2.25. The number of amides is 1. The minimum absolute atomic E-state index is 0.0132. The Morgan fingerprint density at radius 1 is 0.931 bits per heavy atom. The van der Waals surface area contributed by atoms with Gasteiger partial charge in [-0.3, -0.25) is 4.79 Å². The summed E-state index contributed by atoms with van der Waals surface area (Å²) in [4.78, 5) is 14.8. The highest BCUT2D eigenvalue weighted by molar-refractivity contribution is 5.78. The SMILES string of the molecule is O=C(COc1ccc2c(c1)OCO2)N1CCCC1c1ccc2c(c1)OCCCO2. The highest BCUT2D eigenvalue weighted by Crippen LogP contribution is 2.38. The first-order chi connectivity index (χ1) is 14.3. The molecule has 0 aliphatic carbocycles. The highest BCUT2D eigenvalue weighted by atomic mass is 16.7. The largest absolute Gasteiger partial charge is 0.490 e. The number of rotatable bonds is 4. The fourth-order valence-corrected chi connectivity index (χ4v) is 3.99. The molecule has 0 radical (unpaired) electrons. The van der Waals surface area contributed by atoms with E-state index in [9.17, 15) is 4.79 Å². The van der Waals surface area contributed by atoms with E-state index in [-0.39, 0.29) is 25.3 Å². The van der Waals surface area contributed by atoms with Gasteiger partial charge in [-0.1, -0.05) is 6.07 Å². The molecular formula is C22H23NO6. The van der Waals surface area contributed by atoms with E-state index in [1.807, 2.05) is 23.1 Å². The summed E-state index contributed by atoms with van der Waals surface area (Å²) in [5, 5.41) is 0. The monoisotopic (exact) mass is 397 g/mol. The summed E-state index contributed by atoms with van der Waals surface area (Å²) in [6.45, 7) is 2.23. The Balaban J connectivity index is 1.26. The van der Waals surface area contributed by atoms with Crippen LogP contribution in [0, 0.1) is 0 Å². The van der Waals surface area contributed by atoms with E-state index in [2.05, 4.69) is 0 Å². The summed E-state index contributed by atoms with van der Waals surface area (Å²) in [5.74, 6) is 3.43. The third-order valence-electron chi connectivity index (χ3n) is 5.44. The van der Waals surface area contributed by atoms with Crippen molar-refractivity contribution in [3.8, 4) is 28.7 Å². The maximum absolute atomic E-state index is 12.9. The lowest BCUT2D eigenvalue weighted by atomic mass is 10.0. The lowest BCUT2D eigenvalue weighted by molar-refractivity contribution is -0.134. The van der Waals surface area contributed by atoms with Crippen molar-refractivity contribution >= 4 is 5.91 Å². The number of benzene rings is 2. The summed E-state index contributed by atoms with van der Waals surface area (Å²) < 4.78 is 27.9. The highest BCUT2D eigenvalue weighted by Gasteiger charge is 2.31. The number of nitrogens with zero attached hydrogens (tertiary/aromatic N) is 1. The molecular weight excluding hydrogens is 374 g/mol. The number of carbonyl (C=O) groups excluding carboxylic acids is 1. The predicted octanol–water partition coefficient (Wildman–Crippen LogP) is 3.32. The molecule has 1 atom stereocenters. The summed E-state index contributed by atoms with van der Waals surface area (Å²) in [5.41, 5.74) is 1.07. The first kappa shape index (κ1) is 18.0. The van der Waals surface area contributed by atoms with Crippen LogP contribution in [0.4, 0.5) is 0 Å². The quantitative estimate of drug-likeness (QED) is 0.789. The zero-order valence-electron chi connectivity index (χ0n) is 16.1. The summed E-state index contributed by atoms with van der Waals surface area (Å²) in [6.07, 6.45) is 2.76. The van der Waals surface area contributed by atoms with E-state index >= 15 is 0 Å². The van der Waals surface area contributed by atoms with Crippen LogP contribution in [-0.4, -0.2) is 44.0 Å². The second-order valence-corrected chi connectivity index (χ2v) is 7.31. The van der Waals surface area contributed by atoms with Crippen LogP contribution in [0.15, 0.2) is 36.4 Å². The van der Waals surface area contributed by atoms with Crippen molar-refractivity contribution in [2.45, 2.75) is 25.3 Å². The standard InChI is InChI=1S/C22H23NO6/c24-22(13-27-16-5-7-19-21(12-16)29-14-28-19)23-8-1-3-17(23)15-4-6-18-20(11-15)26-10-2-9-25-18/h4-7,11-12,17H,1-3,8-10,13-14H2. The zero-order chi connectivity index (χ0) is 19.6. The van der Waals surface area contributed by atoms with Crippen molar-refractivity contribution in [2.75, 3.05) is 33.2 Å². The fraction of sp³-hybridized carbons (Fsp3) is 0.409. The molecule has 29 heavy (non-hydrogen) atoms. The molecule has 2 aromatic carbocycles. The molecule has 0 spiro atoms. The first-order valence-electron chi connectivity index (χ1n) is 9.99. The van der Waals surface area contributed by atoms with E-state index in [0.717, 1.165) is 42.9 Å². The van der Waals surface area contributed by atoms with Gasteiger partial charge in [0.2, 0.25) is 6.79 Å². The van der Waals surface area contributed by atoms with Gasteiger partial charge in [0, 0.05) is 19.0 Å². The van der Waals surface area contributed by atoms with Crippen LogP contribution in [0.2, 0.25) is 0 Å². The number of fused-ring (bicyclic) bond motifs is 2. The maximum Gasteiger partial charge on any atom is 0.261 e. The van der Waals surface area contributed by atoms with Gasteiger partial charge < -0.3 is 28.6 Å². The Labute approximate surface area is 169 Å². The average molecular weight is 397 g/mol. The third-order valence-corrected chi connectivity index (χ3v) is 5.44. The molecule has 1 saturated heterocycles. The van der Waals surface area contributed by atoms with Gasteiger partial charge >= 0.3 is 0 Å². The molecule has 1 amide bonds. The molecule has 3 aliphatic heterocycles. The number of likely N-dealkylation sites (tertiary alicyclic amines) is 1. The molecule has 1 unspecified atom stereocenters. The molecule has 3 heterocycles. The van der Waals surface area contributed by atoms with E-state index in [0.29, 0.717) is 30.5 Å². The van der Waals surface area contributed by atoms with Crippen molar-refractivity contribution < 1.29 is 28.5 Å². The Morgan fingerprint density at radius 2 is 1.69 bits per heavy atom. The molecule has 7 heteroatoms. The van der Waals surface area contributed by atoms with Crippen LogP contribution in [-0.2, 0) is 4.79 Å². The topological polar surface area (TPSA) is 66.5 Å². The molecule has 152 valence electrons. The van der Waals surface area contributed by atoms with Crippen molar-refractivity contribution in [3.63, 3.8) is 0 Å². The lowest BCUT2D eigenvalue weighted by Crippen LogP contribution is -2.34. The Morgan fingerprint density at radius 3 is 2.62 bits per heavy atom. The molecule has 0 N–H and O–H groups in total. The van der Waals surface area contributed by atoms with Gasteiger partial charge in [0.25, 0.3) is 5.91 Å². The van der Waals surface area contributed by atoms with Crippen molar-refractivity contribution in [1.82, 2.24) is 4.90 Å². The van der Waals surface area contributed by atoms with E-state index in [4.69, 9.17) is 23.7 Å². The van der Waals surface area contributed by atoms with Crippen molar-refractivity contribution in [2.24, 2.45) is 0 Å². The number of carbonyl (C=O) groups is 1. The average Bonchev–Trinajstić information content (AvgIpc) is 3.36. The van der Waals surface area contributed by atoms with Crippen molar-refractivity contribution in [1.29, 1.82) is 0 Å². The summed E-state index contributed by atoms with van der Waals surface area (Å²) in [6, 6.07) is 11.3. The van der Waals surface area contributed by atoms with Gasteiger partial charge in [-0.2, -0.15) is 0 Å². The summed E-state index contributed by atoms with van der Waals surface area (Å²) >= 11 is 0. The predicted molar refractivity (Wildman–Crippen MR) is 104 cm³/mol. The first-order valence-corrected chi connectivity index (χ1v) is 9.99. The number of ether oxygens (including phenoxy) is 5.